The van der Waals surface area contributed by atoms with Gasteiger partial charge in [-0.2, -0.15) is 5.10 Å². The van der Waals surface area contributed by atoms with Crippen LogP contribution in [0.3, 0.4) is 0 Å². The summed E-state index contributed by atoms with van der Waals surface area (Å²) in [6.07, 6.45) is 4.84. The fourth-order valence-electron chi connectivity index (χ4n) is 2.70. The maximum absolute atomic E-state index is 5.93. The maximum atomic E-state index is 5.93. The summed E-state index contributed by atoms with van der Waals surface area (Å²) in [7, 11) is 0. The summed E-state index contributed by atoms with van der Waals surface area (Å²) in [6.45, 7) is 0.365. The molecule has 4 aromatic rings. The van der Waals surface area contributed by atoms with E-state index in [2.05, 4.69) is 15.6 Å². The zero-order chi connectivity index (χ0) is 21.5. The molecule has 0 radical (unpaired) electrons. The van der Waals surface area contributed by atoms with Crippen LogP contribution in [0, 0.1) is 0 Å². The Morgan fingerprint density at radius 2 is 1.48 bits per heavy atom. The molecule has 6 nitrogen and oxygen atoms in total. The molecule has 0 aliphatic rings. The Kier molecular flexibility index (Phi) is 6.84. The first-order valence-corrected chi connectivity index (χ1v) is 10.1. The Morgan fingerprint density at radius 1 is 0.871 bits per heavy atom. The summed E-state index contributed by atoms with van der Waals surface area (Å²) in [4.78, 5) is 9.66. The number of hydrogen-bond donors (Lipinski definition) is 1. The molecule has 0 saturated heterocycles. The summed E-state index contributed by atoms with van der Waals surface area (Å²) in [6, 6.07) is 22.3. The van der Waals surface area contributed by atoms with Crippen molar-refractivity contribution < 1.29 is 9.57 Å². The molecule has 0 aliphatic carbocycles. The van der Waals surface area contributed by atoms with E-state index >= 15 is 0 Å². The van der Waals surface area contributed by atoms with Gasteiger partial charge < -0.3 is 4.74 Å². The summed E-state index contributed by atoms with van der Waals surface area (Å²) in [5, 5.41) is 5.47. The lowest BCUT2D eigenvalue weighted by Crippen LogP contribution is -2.14. The first kappa shape index (κ1) is 20.9. The van der Waals surface area contributed by atoms with Crippen molar-refractivity contribution in [1.29, 1.82) is 0 Å². The molecule has 0 unspecified atom stereocenters. The number of nitrogens with one attached hydrogen (secondary N) is 1. The van der Waals surface area contributed by atoms with Crippen LogP contribution in [0.5, 0.6) is 11.5 Å². The van der Waals surface area contributed by atoms with E-state index in [1.807, 2.05) is 60.7 Å². The number of benzene rings is 3. The highest BCUT2D eigenvalue weighted by molar-refractivity contribution is 6.30. The molecule has 4 rings (SSSR count). The van der Waals surface area contributed by atoms with E-state index in [0.717, 1.165) is 11.1 Å². The molecule has 31 heavy (non-hydrogen) atoms. The first-order valence-electron chi connectivity index (χ1n) is 9.38. The maximum Gasteiger partial charge on any atom is 0.138 e. The van der Waals surface area contributed by atoms with E-state index in [0.29, 0.717) is 33.8 Å². The molecule has 0 bridgehead atoms. The molecule has 0 spiro atoms. The lowest BCUT2D eigenvalue weighted by Gasteiger charge is -2.13. The van der Waals surface area contributed by atoms with Crippen molar-refractivity contribution in [1.82, 2.24) is 20.2 Å². The summed E-state index contributed by atoms with van der Waals surface area (Å²) < 4.78 is 7.44. The lowest BCUT2D eigenvalue weighted by atomic mass is 10.1. The lowest BCUT2D eigenvalue weighted by molar-refractivity contribution is 0.0649. The first-order chi connectivity index (χ1) is 15.2. The Bertz CT molecular complexity index is 1130. The van der Waals surface area contributed by atoms with E-state index in [-0.39, 0.29) is 0 Å². The van der Waals surface area contributed by atoms with Crippen molar-refractivity contribution in [3.8, 4) is 11.5 Å². The predicted molar refractivity (Wildman–Crippen MR) is 122 cm³/mol. The van der Waals surface area contributed by atoms with Gasteiger partial charge in [0.2, 0.25) is 0 Å². The summed E-state index contributed by atoms with van der Waals surface area (Å²) >= 11 is 11.8. The topological polar surface area (TPSA) is 61.2 Å². The van der Waals surface area contributed by atoms with Gasteiger partial charge in [-0.3, -0.25) is 10.3 Å². The Hall–Kier alpha value is -3.32. The number of ether oxygens (including phenoxy) is 1. The second-order valence-electron chi connectivity index (χ2n) is 6.52. The van der Waals surface area contributed by atoms with Gasteiger partial charge in [0.05, 0.1) is 18.5 Å². The second kappa shape index (κ2) is 10.1. The van der Waals surface area contributed by atoms with E-state index in [1.54, 1.807) is 29.3 Å². The van der Waals surface area contributed by atoms with Gasteiger partial charge in [0.25, 0.3) is 0 Å². The third kappa shape index (κ3) is 6.08. The van der Waals surface area contributed by atoms with Crippen LogP contribution < -0.4 is 10.2 Å². The van der Waals surface area contributed by atoms with Gasteiger partial charge in [0, 0.05) is 15.6 Å². The fraction of sp³-hybridized carbons (Fsp3) is 0.0435. The van der Waals surface area contributed by atoms with Crippen LogP contribution in [0.25, 0.3) is 11.9 Å². The largest absolute Gasteiger partial charge is 0.457 e. The standard InChI is InChI=1S/C23H18Cl2N4O2/c24-19-5-1-17(2-6-19)14-30-28-23(13-29-16-26-15-27-29)18-3-9-21(10-4-18)31-22-11-7-20(25)8-12-22/h1-13,15-16,28H,14H2. The molecule has 156 valence electrons. The quantitative estimate of drug-likeness (QED) is 0.329. The number of aromatic nitrogens is 3. The average Bonchev–Trinajstić information content (AvgIpc) is 3.30. The van der Waals surface area contributed by atoms with Gasteiger partial charge in [-0.1, -0.05) is 35.3 Å². The molecule has 1 aromatic heterocycles. The second-order valence-corrected chi connectivity index (χ2v) is 7.39. The third-order valence-electron chi connectivity index (χ3n) is 4.25. The monoisotopic (exact) mass is 452 g/mol. The number of hydrogen-bond acceptors (Lipinski definition) is 5. The van der Waals surface area contributed by atoms with E-state index < -0.39 is 0 Å². The van der Waals surface area contributed by atoms with Crippen LogP contribution >= 0.6 is 23.2 Å². The smallest absolute Gasteiger partial charge is 0.138 e. The SMILES string of the molecule is Clc1ccc(CONC(=Cn2cncn2)c2ccc(Oc3ccc(Cl)cc3)cc2)cc1. The molecule has 0 atom stereocenters. The fourth-order valence-corrected chi connectivity index (χ4v) is 2.95. The molecule has 0 fully saturated rings. The molecular weight excluding hydrogens is 435 g/mol. The zero-order valence-corrected chi connectivity index (χ0v) is 17.8. The summed E-state index contributed by atoms with van der Waals surface area (Å²) in [5.74, 6) is 1.41. The zero-order valence-electron chi connectivity index (χ0n) is 16.3. The number of nitrogens with zero attached hydrogens (tertiary/aromatic N) is 3. The predicted octanol–water partition coefficient (Wildman–Crippen LogP) is 6.05. The minimum atomic E-state index is 0.365. The van der Waals surface area contributed by atoms with Crippen molar-refractivity contribution in [3.63, 3.8) is 0 Å². The van der Waals surface area contributed by atoms with Gasteiger partial charge >= 0.3 is 0 Å². The molecule has 8 heteroatoms. The van der Waals surface area contributed by atoms with Gasteiger partial charge in [0.15, 0.2) is 0 Å². The van der Waals surface area contributed by atoms with Crippen molar-refractivity contribution in [3.05, 3.63) is 107 Å². The number of halogens is 2. The highest BCUT2D eigenvalue weighted by Gasteiger charge is 2.05. The molecule has 0 aliphatic heterocycles. The van der Waals surface area contributed by atoms with Crippen molar-refractivity contribution in [2.24, 2.45) is 0 Å². The third-order valence-corrected chi connectivity index (χ3v) is 4.75. The minimum Gasteiger partial charge on any atom is -0.457 e. The number of hydroxylamine groups is 1. The molecular formula is C23H18Cl2N4O2. The molecule has 1 N–H and O–H groups in total. The average molecular weight is 453 g/mol. The van der Waals surface area contributed by atoms with Crippen molar-refractivity contribution in [2.45, 2.75) is 6.61 Å². The van der Waals surface area contributed by atoms with Gasteiger partial charge in [-0.15, -0.1) is 0 Å². The molecule has 0 saturated carbocycles. The molecule has 1 heterocycles. The normalized spacial score (nSPS) is 11.4. The Balaban J connectivity index is 1.46. The van der Waals surface area contributed by atoms with Crippen molar-refractivity contribution >= 4 is 35.1 Å². The van der Waals surface area contributed by atoms with Crippen LogP contribution in [-0.2, 0) is 11.4 Å². The highest BCUT2D eigenvalue weighted by atomic mass is 35.5. The van der Waals surface area contributed by atoms with Crippen LogP contribution in [0.2, 0.25) is 10.0 Å². The summed E-state index contributed by atoms with van der Waals surface area (Å²) in [5.41, 5.74) is 5.58. The van der Waals surface area contributed by atoms with Gasteiger partial charge in [-0.25, -0.2) is 9.67 Å². The van der Waals surface area contributed by atoms with E-state index in [1.165, 1.54) is 6.33 Å². The molecule has 0 amide bonds. The minimum absolute atomic E-state index is 0.365. The van der Waals surface area contributed by atoms with E-state index in [4.69, 9.17) is 32.8 Å². The van der Waals surface area contributed by atoms with Crippen LogP contribution in [0.4, 0.5) is 0 Å². The van der Waals surface area contributed by atoms with Gasteiger partial charge in [-0.05, 0) is 66.2 Å². The van der Waals surface area contributed by atoms with Crippen LogP contribution in [0.1, 0.15) is 11.1 Å². The molecule has 3 aromatic carbocycles. The Morgan fingerprint density at radius 3 is 2.10 bits per heavy atom. The van der Waals surface area contributed by atoms with E-state index in [9.17, 15) is 0 Å². The van der Waals surface area contributed by atoms with Crippen molar-refractivity contribution in [2.75, 3.05) is 0 Å². The van der Waals surface area contributed by atoms with Gasteiger partial charge in [0.1, 0.15) is 24.2 Å². The number of rotatable bonds is 8. The Labute approximate surface area is 189 Å². The highest BCUT2D eigenvalue weighted by Crippen LogP contribution is 2.25. The van der Waals surface area contributed by atoms with Crippen LogP contribution in [0.15, 0.2) is 85.5 Å². The van der Waals surface area contributed by atoms with Crippen LogP contribution in [-0.4, -0.2) is 14.8 Å².